The Morgan fingerprint density at radius 1 is 0.972 bits per heavy atom. The second kappa shape index (κ2) is 26.3. The Kier molecular flexibility index (Phi) is 32.4. The maximum atomic E-state index is 12.2. The average molecular weight is 741 g/mol. The van der Waals surface area contributed by atoms with Gasteiger partial charge < -0.3 is 17.1 Å². The summed E-state index contributed by atoms with van der Waals surface area (Å²) in [6, 6.07) is 20.6. The molecular formula is C28H40N2O4WY-2. The molecule has 1 heterocycles. The largest absolute Gasteiger partial charge is 2.00 e. The topological polar surface area (TPSA) is 81.3 Å². The van der Waals surface area contributed by atoms with Crippen LogP contribution in [-0.2, 0) is 65.6 Å². The number of carboxylic acid groups (broad SMARTS) is 1. The van der Waals surface area contributed by atoms with E-state index >= 15 is 0 Å². The normalized spacial score (nSPS) is 7.92. The van der Waals surface area contributed by atoms with Crippen LogP contribution >= 0.6 is 0 Å². The van der Waals surface area contributed by atoms with Gasteiger partial charge in [-0.15, -0.1) is 5.56 Å². The van der Waals surface area contributed by atoms with Crippen molar-refractivity contribution in [1.82, 2.24) is 9.13 Å². The SMILES string of the molecule is CC.CC.C[CH-]C(=O)O.Cc1[c-]cc(-n2c(=O)cc(C)n(C)c2=O)c(C)c1.[CH3-].[W+2].[Y].[c-]1ccccc1. The fraction of sp³-hybridized carbons (Fsp3) is 0.321. The molecule has 0 aliphatic heterocycles. The van der Waals surface area contributed by atoms with Crippen molar-refractivity contribution < 1.29 is 63.7 Å². The predicted octanol–water partition coefficient (Wildman–Crippen LogP) is 5.54. The van der Waals surface area contributed by atoms with Crippen LogP contribution in [0.4, 0.5) is 0 Å². The van der Waals surface area contributed by atoms with Gasteiger partial charge in [0.2, 0.25) is 5.56 Å². The molecule has 0 aliphatic carbocycles. The van der Waals surface area contributed by atoms with Gasteiger partial charge in [-0.05, 0) is 6.92 Å². The molecule has 0 atom stereocenters. The van der Waals surface area contributed by atoms with E-state index in [0.29, 0.717) is 11.4 Å². The molecule has 2 aromatic carbocycles. The summed E-state index contributed by atoms with van der Waals surface area (Å²) in [5.74, 6) is -0.870. The van der Waals surface area contributed by atoms with E-state index in [4.69, 9.17) is 5.11 Å². The molecule has 0 bridgehead atoms. The number of aromatic nitrogens is 2. The number of hydrogen-bond acceptors (Lipinski definition) is 3. The van der Waals surface area contributed by atoms with Gasteiger partial charge in [-0.1, -0.05) is 47.2 Å². The van der Waals surface area contributed by atoms with E-state index in [-0.39, 0.29) is 72.5 Å². The third-order valence-electron chi connectivity index (χ3n) is 3.93. The van der Waals surface area contributed by atoms with Crippen molar-refractivity contribution in [1.29, 1.82) is 0 Å². The Hall–Kier alpha value is -1.75. The van der Waals surface area contributed by atoms with E-state index < -0.39 is 5.97 Å². The van der Waals surface area contributed by atoms with Crippen molar-refractivity contribution in [2.24, 2.45) is 7.05 Å². The molecule has 0 unspecified atom stereocenters. The quantitative estimate of drug-likeness (QED) is 0.350. The molecule has 0 amide bonds. The summed E-state index contributed by atoms with van der Waals surface area (Å²) in [4.78, 5) is 33.5. The average Bonchev–Trinajstić information content (AvgIpc) is 2.83. The van der Waals surface area contributed by atoms with Gasteiger partial charge in [0, 0.05) is 51.5 Å². The molecule has 0 saturated heterocycles. The third-order valence-corrected chi connectivity index (χ3v) is 3.93. The monoisotopic (exact) mass is 741 g/mol. The molecule has 6 nitrogen and oxygen atoms in total. The van der Waals surface area contributed by atoms with Crippen LogP contribution in [0.5, 0.6) is 0 Å². The van der Waals surface area contributed by atoms with E-state index in [1.807, 2.05) is 77.9 Å². The molecule has 1 radical (unpaired) electrons. The number of aryl methyl sites for hydroxylation is 3. The van der Waals surface area contributed by atoms with E-state index in [1.165, 1.54) is 22.1 Å². The minimum absolute atomic E-state index is 0. The Bertz CT molecular complexity index is 1040. The maximum absolute atomic E-state index is 12.2. The molecule has 0 fully saturated rings. The van der Waals surface area contributed by atoms with Gasteiger partial charge in [0.1, 0.15) is 0 Å². The second-order valence-electron chi connectivity index (χ2n) is 6.19. The summed E-state index contributed by atoms with van der Waals surface area (Å²) < 4.78 is 2.64. The van der Waals surface area contributed by atoms with Crippen LogP contribution in [0.3, 0.4) is 0 Å². The van der Waals surface area contributed by atoms with Gasteiger partial charge in [-0.2, -0.15) is 67.1 Å². The zero-order chi connectivity index (χ0) is 26.0. The summed E-state index contributed by atoms with van der Waals surface area (Å²) in [5, 5.41) is 7.67. The van der Waals surface area contributed by atoms with Gasteiger partial charge in [0.05, 0.1) is 0 Å². The van der Waals surface area contributed by atoms with Crippen molar-refractivity contribution in [2.45, 2.75) is 55.4 Å². The number of benzene rings is 2. The van der Waals surface area contributed by atoms with Crippen molar-refractivity contribution >= 4 is 5.97 Å². The van der Waals surface area contributed by atoms with Crippen LogP contribution in [0.25, 0.3) is 5.69 Å². The van der Waals surface area contributed by atoms with E-state index in [1.54, 1.807) is 20.0 Å². The molecule has 36 heavy (non-hydrogen) atoms. The molecule has 197 valence electrons. The van der Waals surface area contributed by atoms with Crippen molar-refractivity contribution in [2.75, 3.05) is 0 Å². The van der Waals surface area contributed by atoms with Crippen molar-refractivity contribution in [3.8, 4) is 5.69 Å². The van der Waals surface area contributed by atoms with E-state index in [9.17, 15) is 14.4 Å². The van der Waals surface area contributed by atoms with Gasteiger partial charge in [-0.25, -0.2) is 4.79 Å². The van der Waals surface area contributed by atoms with Crippen LogP contribution in [0.1, 0.15) is 51.4 Å². The number of carboxylic acids is 1. The Morgan fingerprint density at radius 2 is 1.44 bits per heavy atom. The van der Waals surface area contributed by atoms with Crippen LogP contribution in [-0.4, -0.2) is 20.2 Å². The molecule has 1 aromatic heterocycles. The Labute approximate surface area is 257 Å². The fourth-order valence-corrected chi connectivity index (χ4v) is 2.28. The van der Waals surface area contributed by atoms with E-state index in [2.05, 4.69) is 12.1 Å². The summed E-state index contributed by atoms with van der Waals surface area (Å²) in [6.07, 6.45) is 1.08. The summed E-state index contributed by atoms with van der Waals surface area (Å²) in [5.41, 5.74) is 2.46. The van der Waals surface area contributed by atoms with Crippen LogP contribution in [0, 0.1) is 46.8 Å². The minimum atomic E-state index is -0.870. The Morgan fingerprint density at radius 3 is 1.78 bits per heavy atom. The molecule has 0 aliphatic rings. The zero-order valence-electron chi connectivity index (χ0n) is 23.2. The molecular weight excluding hydrogens is 701 g/mol. The smallest absolute Gasteiger partial charge is 0.503 e. The number of nitrogens with zero attached hydrogens (tertiary/aromatic N) is 2. The van der Waals surface area contributed by atoms with Crippen molar-refractivity contribution in [3.63, 3.8) is 0 Å². The molecule has 0 saturated carbocycles. The number of carbonyl (C=O) groups is 1. The first kappa shape index (κ1) is 44.3. The van der Waals surface area contributed by atoms with Crippen LogP contribution < -0.4 is 11.2 Å². The first-order valence-electron chi connectivity index (χ1n) is 10.9. The first-order chi connectivity index (χ1) is 15.7. The summed E-state index contributed by atoms with van der Waals surface area (Å²) in [7, 11) is 1.65. The fourth-order valence-electron chi connectivity index (χ4n) is 2.28. The van der Waals surface area contributed by atoms with Gasteiger partial charge in [0.15, 0.2) is 5.97 Å². The Balaban J connectivity index is -0.000000149. The van der Waals surface area contributed by atoms with Gasteiger partial charge >= 0.3 is 26.8 Å². The number of hydrogen-bond donors (Lipinski definition) is 1. The summed E-state index contributed by atoms with van der Waals surface area (Å²) in [6.45, 7) is 15.0. The second-order valence-corrected chi connectivity index (χ2v) is 6.19. The van der Waals surface area contributed by atoms with Gasteiger partial charge in [-0.3, -0.25) is 20.6 Å². The molecule has 8 heteroatoms. The summed E-state index contributed by atoms with van der Waals surface area (Å²) >= 11 is 0. The zero-order valence-corrected chi connectivity index (χ0v) is 29.0. The first-order valence-corrected chi connectivity index (χ1v) is 10.9. The number of rotatable bonds is 2. The predicted molar refractivity (Wildman–Crippen MR) is 142 cm³/mol. The molecule has 1 N–H and O–H groups in total. The van der Waals surface area contributed by atoms with Crippen molar-refractivity contribution in [3.05, 3.63) is 112 Å². The standard InChI is InChI=1S/C14H15N2O2.C6H5.C3H5O2.2C2H6.CH3.W.Y/c1-9-5-6-12(10(2)7-9)16-13(17)8-11(3)15(4)14(16)18;1-2-4-6-5-3-1;1-2-3(4)5;2*1-2;;;/h6-8H,1-4H3;1-5H;2H,1H3,(H,4,5);2*1-2H3;1H3;;/q3*-1;;;-1;+2;. The maximum Gasteiger partial charge on any atom is 2.00 e. The van der Waals surface area contributed by atoms with E-state index in [0.717, 1.165) is 17.5 Å². The van der Waals surface area contributed by atoms with Gasteiger partial charge in [0.25, 0.3) is 0 Å². The minimum Gasteiger partial charge on any atom is -0.503 e. The molecule has 3 rings (SSSR count). The number of aliphatic carboxylic acids is 1. The molecule has 0 spiro atoms. The third kappa shape index (κ3) is 16.8. The van der Waals surface area contributed by atoms with Crippen LogP contribution in [0.2, 0.25) is 0 Å². The molecule has 3 aromatic rings. The van der Waals surface area contributed by atoms with Crippen LogP contribution in [0.15, 0.2) is 58.1 Å².